The first-order valence-electron chi connectivity index (χ1n) is 10.9. The number of carboxylic acid groups (broad SMARTS) is 1. The lowest BCUT2D eigenvalue weighted by Gasteiger charge is -2.42. The number of urea groups is 1. The summed E-state index contributed by atoms with van der Waals surface area (Å²) < 4.78 is 5.86. The maximum atomic E-state index is 13.1. The molecule has 2 amide bonds. The maximum absolute atomic E-state index is 13.1. The van der Waals surface area contributed by atoms with Gasteiger partial charge in [0.15, 0.2) is 0 Å². The topological polar surface area (TPSA) is 78.9 Å². The zero-order valence-electron chi connectivity index (χ0n) is 19.9. The van der Waals surface area contributed by atoms with E-state index in [-0.39, 0.29) is 23.1 Å². The molecule has 0 radical (unpaired) electrons. The Labute approximate surface area is 200 Å². The minimum absolute atomic E-state index is 0.124. The molecule has 6 nitrogen and oxygen atoms in total. The van der Waals surface area contributed by atoms with Crippen molar-refractivity contribution in [3.63, 3.8) is 0 Å². The minimum atomic E-state index is -1.01. The number of ether oxygens (including phenoxy) is 1. The van der Waals surface area contributed by atoms with Crippen LogP contribution < -0.4 is 10.2 Å². The Balaban J connectivity index is 1.97. The second kappa shape index (κ2) is 9.20. The van der Waals surface area contributed by atoms with Crippen molar-refractivity contribution >= 4 is 29.3 Å². The van der Waals surface area contributed by atoms with Crippen molar-refractivity contribution in [1.82, 2.24) is 5.32 Å². The Morgan fingerprint density at radius 2 is 1.82 bits per heavy atom. The SMILES string of the molecule is CC(C)C1=CN(c2ccc(C(=O)O)cc2)C(=O)N[C@@]1(C)c1ccc(COC(C)(C)C)c(Cl)c1. The van der Waals surface area contributed by atoms with Gasteiger partial charge in [-0.1, -0.05) is 37.6 Å². The summed E-state index contributed by atoms with van der Waals surface area (Å²) in [4.78, 5) is 25.8. The lowest BCUT2D eigenvalue weighted by molar-refractivity contribution is -0.0149. The van der Waals surface area contributed by atoms with E-state index in [1.165, 1.54) is 17.0 Å². The standard InChI is InChI=1S/C26H31ClN2O4/c1-16(2)21-14-29(20-11-8-17(9-12-20)23(30)31)24(32)28-26(21,6)19-10-7-18(22(27)13-19)15-33-25(3,4)5/h7-14,16H,15H2,1-6H3,(H,28,32)(H,30,31)/t26-/m0/s1. The summed E-state index contributed by atoms with van der Waals surface area (Å²) in [6.07, 6.45) is 1.84. The molecule has 1 heterocycles. The van der Waals surface area contributed by atoms with Crippen LogP contribution in [0.4, 0.5) is 10.5 Å². The van der Waals surface area contributed by atoms with Gasteiger partial charge in [0.1, 0.15) is 0 Å². The summed E-state index contributed by atoms with van der Waals surface area (Å²) in [5.74, 6) is -0.886. The van der Waals surface area contributed by atoms with Gasteiger partial charge in [0, 0.05) is 11.2 Å². The quantitative estimate of drug-likeness (QED) is 0.516. The Morgan fingerprint density at radius 1 is 1.18 bits per heavy atom. The fraction of sp³-hybridized carbons (Fsp3) is 0.385. The molecule has 0 unspecified atom stereocenters. The van der Waals surface area contributed by atoms with Crippen LogP contribution in [0.1, 0.15) is 63.0 Å². The van der Waals surface area contributed by atoms with Crippen molar-refractivity contribution in [3.8, 4) is 0 Å². The predicted molar refractivity (Wildman–Crippen MR) is 131 cm³/mol. The van der Waals surface area contributed by atoms with Gasteiger partial charge >= 0.3 is 12.0 Å². The second-order valence-corrected chi connectivity index (χ2v) is 10.1. The lowest BCUT2D eigenvalue weighted by atomic mass is 9.78. The van der Waals surface area contributed by atoms with Crippen LogP contribution in [0, 0.1) is 5.92 Å². The molecule has 2 N–H and O–H groups in total. The number of rotatable bonds is 6. The number of carbonyl (C=O) groups excluding carboxylic acids is 1. The highest BCUT2D eigenvalue weighted by molar-refractivity contribution is 6.31. The summed E-state index contributed by atoms with van der Waals surface area (Å²) in [6, 6.07) is 11.7. The van der Waals surface area contributed by atoms with Crippen molar-refractivity contribution in [2.45, 2.75) is 59.3 Å². The molecule has 7 heteroatoms. The third-order valence-electron chi connectivity index (χ3n) is 5.73. The van der Waals surface area contributed by atoms with E-state index in [4.69, 9.17) is 21.4 Å². The molecule has 2 aromatic rings. The van der Waals surface area contributed by atoms with Gasteiger partial charge in [-0.05, 0) is 80.6 Å². The Kier molecular flexibility index (Phi) is 6.91. The summed E-state index contributed by atoms with van der Waals surface area (Å²) in [5, 5.41) is 12.9. The third kappa shape index (κ3) is 5.40. The maximum Gasteiger partial charge on any atom is 0.335 e. The summed E-state index contributed by atoms with van der Waals surface area (Å²) >= 11 is 6.60. The number of carbonyl (C=O) groups is 2. The number of aromatic carboxylic acids is 1. The number of carboxylic acids is 1. The Hall–Kier alpha value is -2.83. The van der Waals surface area contributed by atoms with Gasteiger partial charge in [0.05, 0.1) is 29.0 Å². The number of halogens is 1. The van der Waals surface area contributed by atoms with Crippen molar-refractivity contribution in [1.29, 1.82) is 0 Å². The number of amides is 2. The Bertz CT molecular complexity index is 1090. The van der Waals surface area contributed by atoms with E-state index in [2.05, 4.69) is 19.2 Å². The minimum Gasteiger partial charge on any atom is -0.478 e. The van der Waals surface area contributed by atoms with Crippen molar-refractivity contribution in [2.75, 3.05) is 4.90 Å². The van der Waals surface area contributed by atoms with Crippen LogP contribution in [0.15, 0.2) is 54.2 Å². The first-order valence-corrected chi connectivity index (χ1v) is 11.3. The average Bonchev–Trinajstić information content (AvgIpc) is 2.72. The summed E-state index contributed by atoms with van der Waals surface area (Å²) in [7, 11) is 0. The molecular formula is C26H31ClN2O4. The molecule has 2 aromatic carbocycles. The summed E-state index contributed by atoms with van der Waals surface area (Å²) in [5.41, 5.74) is 2.49. The predicted octanol–water partition coefficient (Wildman–Crippen LogP) is 6.34. The molecule has 0 spiro atoms. The van der Waals surface area contributed by atoms with Crippen molar-refractivity contribution < 1.29 is 19.4 Å². The number of hydrogen-bond donors (Lipinski definition) is 2. The fourth-order valence-electron chi connectivity index (χ4n) is 3.86. The molecular weight excluding hydrogens is 440 g/mol. The van der Waals surface area contributed by atoms with Gasteiger partial charge in [0.25, 0.3) is 0 Å². The van der Waals surface area contributed by atoms with Crippen LogP contribution in [0.3, 0.4) is 0 Å². The normalized spacial score (nSPS) is 18.8. The van der Waals surface area contributed by atoms with Gasteiger partial charge < -0.3 is 15.2 Å². The lowest BCUT2D eigenvalue weighted by Crippen LogP contribution is -2.54. The molecule has 176 valence electrons. The first-order chi connectivity index (χ1) is 15.3. The van der Waals surface area contributed by atoms with Crippen LogP contribution in [-0.4, -0.2) is 22.7 Å². The highest BCUT2D eigenvalue weighted by Crippen LogP contribution is 2.39. The number of nitrogens with one attached hydrogen (secondary N) is 1. The smallest absolute Gasteiger partial charge is 0.335 e. The first kappa shape index (κ1) is 24.8. The molecule has 33 heavy (non-hydrogen) atoms. The van der Waals surface area contributed by atoms with Gasteiger partial charge in [-0.3, -0.25) is 4.90 Å². The molecule has 0 aliphatic carbocycles. The number of hydrogen-bond acceptors (Lipinski definition) is 3. The van der Waals surface area contributed by atoms with Crippen LogP contribution in [0.2, 0.25) is 5.02 Å². The van der Waals surface area contributed by atoms with Crippen LogP contribution in [-0.2, 0) is 16.9 Å². The summed E-state index contributed by atoms with van der Waals surface area (Å²) in [6.45, 7) is 12.5. The highest BCUT2D eigenvalue weighted by atomic mass is 35.5. The van der Waals surface area contributed by atoms with Crippen molar-refractivity contribution in [2.24, 2.45) is 5.92 Å². The van der Waals surface area contributed by atoms with Gasteiger partial charge in [0.2, 0.25) is 0 Å². The number of nitrogens with zero attached hydrogens (tertiary/aromatic N) is 1. The van der Waals surface area contributed by atoms with Gasteiger partial charge in [-0.25, -0.2) is 9.59 Å². The largest absolute Gasteiger partial charge is 0.478 e. The van der Waals surface area contributed by atoms with E-state index in [1.807, 2.05) is 52.1 Å². The molecule has 0 saturated carbocycles. The number of benzene rings is 2. The van der Waals surface area contributed by atoms with E-state index in [9.17, 15) is 9.59 Å². The zero-order valence-corrected chi connectivity index (χ0v) is 20.7. The van der Waals surface area contributed by atoms with E-state index < -0.39 is 11.5 Å². The van der Waals surface area contributed by atoms with E-state index in [0.29, 0.717) is 17.3 Å². The molecule has 3 rings (SSSR count). The monoisotopic (exact) mass is 470 g/mol. The van der Waals surface area contributed by atoms with E-state index in [1.54, 1.807) is 12.1 Å². The molecule has 1 atom stereocenters. The number of anilines is 1. The van der Waals surface area contributed by atoms with Crippen LogP contribution >= 0.6 is 11.6 Å². The van der Waals surface area contributed by atoms with Gasteiger partial charge in [-0.15, -0.1) is 0 Å². The molecule has 1 aliphatic heterocycles. The van der Waals surface area contributed by atoms with Crippen LogP contribution in [0.25, 0.3) is 0 Å². The van der Waals surface area contributed by atoms with E-state index >= 15 is 0 Å². The Morgan fingerprint density at radius 3 is 2.33 bits per heavy atom. The molecule has 0 saturated heterocycles. The van der Waals surface area contributed by atoms with Crippen molar-refractivity contribution in [3.05, 3.63) is 76.0 Å². The molecule has 0 fully saturated rings. The van der Waals surface area contributed by atoms with E-state index in [0.717, 1.165) is 16.7 Å². The van der Waals surface area contributed by atoms with Crippen LogP contribution in [0.5, 0.6) is 0 Å². The second-order valence-electron chi connectivity index (χ2n) is 9.72. The van der Waals surface area contributed by atoms with Gasteiger partial charge in [-0.2, -0.15) is 0 Å². The third-order valence-corrected chi connectivity index (χ3v) is 6.08. The fourth-order valence-corrected chi connectivity index (χ4v) is 4.10. The average molecular weight is 471 g/mol. The zero-order chi connectivity index (χ0) is 24.6. The highest BCUT2D eigenvalue weighted by Gasteiger charge is 2.40. The molecule has 1 aliphatic rings. The molecule has 0 aromatic heterocycles. The molecule has 0 bridgehead atoms.